The van der Waals surface area contributed by atoms with E-state index in [0.717, 1.165) is 0 Å². The minimum absolute atomic E-state index is 0.137. The first-order valence-corrected chi connectivity index (χ1v) is 10.3. The van der Waals surface area contributed by atoms with Gasteiger partial charge in [-0.2, -0.15) is 13.2 Å². The molecule has 0 amide bonds. The average molecular weight is 446 g/mol. The second kappa shape index (κ2) is 9.38. The lowest BCUT2D eigenvalue weighted by Gasteiger charge is -2.24. The Morgan fingerprint density at radius 1 is 0.967 bits per heavy atom. The molecule has 164 valence electrons. The zero-order chi connectivity index (χ0) is 22.5. The summed E-state index contributed by atoms with van der Waals surface area (Å²) in [5.41, 5.74) is -0.404. The van der Waals surface area contributed by atoms with Gasteiger partial charge in [0, 0.05) is 24.1 Å². The van der Waals surface area contributed by atoms with Crippen LogP contribution in [-0.2, 0) is 14.6 Å². The molecule has 0 saturated heterocycles. The predicted octanol–water partition coefficient (Wildman–Crippen LogP) is 3.79. The highest BCUT2D eigenvalue weighted by Crippen LogP contribution is 2.47. The average Bonchev–Trinajstić information content (AvgIpc) is 2.70. The van der Waals surface area contributed by atoms with Gasteiger partial charge in [0.25, 0.3) is 0 Å². The van der Waals surface area contributed by atoms with Crippen LogP contribution in [0.4, 0.5) is 13.2 Å². The molecule has 0 spiro atoms. The molecule has 2 aromatic carbocycles. The van der Waals surface area contributed by atoms with Crippen molar-refractivity contribution < 1.29 is 40.6 Å². The fourth-order valence-corrected chi connectivity index (χ4v) is 4.25. The molecule has 0 N–H and O–H groups in total. The van der Waals surface area contributed by atoms with Gasteiger partial charge in [0.2, 0.25) is 0 Å². The molecule has 2 aromatic rings. The van der Waals surface area contributed by atoms with Gasteiger partial charge in [-0.1, -0.05) is 18.2 Å². The minimum Gasteiger partial charge on any atom is -0.496 e. The quantitative estimate of drug-likeness (QED) is 0.583. The van der Waals surface area contributed by atoms with Gasteiger partial charge in [-0.3, -0.25) is 4.79 Å². The summed E-state index contributed by atoms with van der Waals surface area (Å²) >= 11 is 0. The number of ether oxygens (including phenoxy) is 3. The lowest BCUT2D eigenvalue weighted by Crippen LogP contribution is -2.27. The highest BCUT2D eigenvalue weighted by atomic mass is 32.2. The van der Waals surface area contributed by atoms with Crippen LogP contribution in [0.3, 0.4) is 0 Å². The summed E-state index contributed by atoms with van der Waals surface area (Å²) < 4.78 is 81.6. The molecule has 0 fully saturated rings. The Balaban J connectivity index is 2.42. The zero-order valence-electron chi connectivity index (χ0n) is 16.5. The van der Waals surface area contributed by atoms with Crippen molar-refractivity contribution in [1.29, 1.82) is 0 Å². The van der Waals surface area contributed by atoms with E-state index >= 15 is 0 Å². The molecular weight excluding hydrogens is 425 g/mol. The van der Waals surface area contributed by atoms with Crippen molar-refractivity contribution in [1.82, 2.24) is 0 Å². The van der Waals surface area contributed by atoms with E-state index in [4.69, 9.17) is 14.2 Å². The maximum atomic E-state index is 13.9. The first kappa shape index (κ1) is 23.5. The zero-order valence-corrected chi connectivity index (χ0v) is 17.3. The van der Waals surface area contributed by atoms with Gasteiger partial charge < -0.3 is 14.2 Å². The molecular formula is C20H21F3O6S. The summed E-state index contributed by atoms with van der Waals surface area (Å²) in [5, 5.41) is 0. The van der Waals surface area contributed by atoms with Crippen molar-refractivity contribution in [2.24, 2.45) is 0 Å². The monoisotopic (exact) mass is 446 g/mol. The van der Waals surface area contributed by atoms with Crippen molar-refractivity contribution in [3.63, 3.8) is 0 Å². The van der Waals surface area contributed by atoms with Crippen molar-refractivity contribution in [3.8, 4) is 17.2 Å². The van der Waals surface area contributed by atoms with Crippen LogP contribution in [0.5, 0.6) is 17.2 Å². The van der Waals surface area contributed by atoms with Crippen LogP contribution in [-0.4, -0.2) is 47.5 Å². The minimum atomic E-state index is -4.86. The Morgan fingerprint density at radius 3 is 1.93 bits per heavy atom. The summed E-state index contributed by atoms with van der Waals surface area (Å²) in [6.07, 6.45) is -5.95. The smallest absolute Gasteiger partial charge is 0.396 e. The van der Waals surface area contributed by atoms with E-state index in [1.54, 1.807) is 6.07 Å². The molecule has 2 rings (SSSR count). The molecule has 0 aliphatic carbocycles. The Bertz CT molecular complexity index is 962. The number of ketones is 1. The molecule has 0 aliphatic heterocycles. The molecule has 0 radical (unpaired) electrons. The molecule has 0 heterocycles. The molecule has 6 nitrogen and oxygen atoms in total. The number of methoxy groups -OCH3 is 3. The second-order valence-corrected chi connectivity index (χ2v) is 8.34. The molecule has 0 bridgehead atoms. The van der Waals surface area contributed by atoms with Crippen molar-refractivity contribution >= 4 is 15.6 Å². The third kappa shape index (κ3) is 5.44. The van der Waals surface area contributed by atoms with Crippen LogP contribution >= 0.6 is 0 Å². The van der Waals surface area contributed by atoms with Gasteiger partial charge in [0.1, 0.15) is 28.8 Å². The van der Waals surface area contributed by atoms with Gasteiger partial charge in [0.05, 0.1) is 32.1 Å². The number of hydrogen-bond acceptors (Lipinski definition) is 6. The van der Waals surface area contributed by atoms with Crippen LogP contribution in [0.25, 0.3) is 0 Å². The summed E-state index contributed by atoms with van der Waals surface area (Å²) in [6, 6.07) is 9.54. The Morgan fingerprint density at radius 2 is 1.50 bits per heavy atom. The maximum Gasteiger partial charge on any atom is 0.396 e. The fraction of sp³-hybridized carbons (Fsp3) is 0.350. The molecule has 0 unspecified atom stereocenters. The molecule has 0 aromatic heterocycles. The largest absolute Gasteiger partial charge is 0.496 e. The standard InChI is InChI=1S/C20H21F3O6S/c1-27-14-10-17(28-2)19(18(11-14)29-3)16(20(21,22)23)9-13(24)12-30(25,26)15-7-5-4-6-8-15/h4-8,10-11,16H,9,12H2,1-3H3/t16-/m0/s1. The molecule has 30 heavy (non-hydrogen) atoms. The normalized spacial score (nSPS) is 12.9. The summed E-state index contributed by atoms with van der Waals surface area (Å²) in [7, 11) is -0.401. The van der Waals surface area contributed by atoms with Crippen molar-refractivity contribution in [2.45, 2.75) is 23.4 Å². The predicted molar refractivity (Wildman–Crippen MR) is 103 cm³/mol. The van der Waals surface area contributed by atoms with Crippen molar-refractivity contribution in [2.75, 3.05) is 27.1 Å². The first-order chi connectivity index (χ1) is 14.0. The van der Waals surface area contributed by atoms with Crippen LogP contribution < -0.4 is 14.2 Å². The Labute approximate surface area is 172 Å². The van der Waals surface area contributed by atoms with E-state index in [1.807, 2.05) is 0 Å². The van der Waals surface area contributed by atoms with Gasteiger partial charge in [-0.25, -0.2) is 8.42 Å². The van der Waals surface area contributed by atoms with E-state index in [9.17, 15) is 26.4 Å². The summed E-state index contributed by atoms with van der Waals surface area (Å²) in [6.45, 7) is 0. The van der Waals surface area contributed by atoms with Crippen LogP contribution in [0.1, 0.15) is 17.9 Å². The first-order valence-electron chi connectivity index (χ1n) is 8.69. The summed E-state index contributed by atoms with van der Waals surface area (Å²) in [5.74, 6) is -4.64. The number of sulfone groups is 1. The molecule has 0 saturated carbocycles. The lowest BCUT2D eigenvalue weighted by atomic mass is 9.91. The third-order valence-corrected chi connectivity index (χ3v) is 6.07. The van der Waals surface area contributed by atoms with E-state index in [2.05, 4.69) is 0 Å². The van der Waals surface area contributed by atoms with E-state index in [-0.39, 0.29) is 22.1 Å². The highest BCUT2D eigenvalue weighted by Gasteiger charge is 2.45. The van der Waals surface area contributed by atoms with Gasteiger partial charge in [-0.05, 0) is 12.1 Å². The number of carbonyl (C=O) groups excluding carboxylic acids is 1. The number of halogens is 3. The highest BCUT2D eigenvalue weighted by molar-refractivity contribution is 7.92. The number of alkyl halides is 3. The van der Waals surface area contributed by atoms with E-state index in [0.29, 0.717) is 0 Å². The van der Waals surface area contributed by atoms with E-state index in [1.165, 1.54) is 57.7 Å². The summed E-state index contributed by atoms with van der Waals surface area (Å²) in [4.78, 5) is 12.3. The third-order valence-electron chi connectivity index (χ3n) is 4.38. The maximum absolute atomic E-state index is 13.9. The fourth-order valence-electron chi connectivity index (χ4n) is 2.97. The topological polar surface area (TPSA) is 78.9 Å². The number of Topliss-reactive ketones (excluding diaryl/α,β-unsaturated/α-hetero) is 1. The number of rotatable bonds is 9. The van der Waals surface area contributed by atoms with Crippen molar-refractivity contribution in [3.05, 3.63) is 48.0 Å². The van der Waals surface area contributed by atoms with Gasteiger partial charge in [0.15, 0.2) is 9.84 Å². The van der Waals surface area contributed by atoms with E-state index < -0.39 is 45.5 Å². The molecule has 0 aliphatic rings. The van der Waals surface area contributed by atoms with Gasteiger partial charge in [-0.15, -0.1) is 0 Å². The lowest BCUT2D eigenvalue weighted by molar-refractivity contribution is -0.156. The van der Waals surface area contributed by atoms with Crippen LogP contribution in [0.15, 0.2) is 47.4 Å². The second-order valence-electron chi connectivity index (χ2n) is 6.35. The number of hydrogen-bond donors (Lipinski definition) is 0. The number of benzene rings is 2. The molecule has 1 atom stereocenters. The Hall–Kier alpha value is -2.75. The van der Waals surface area contributed by atoms with Crippen LogP contribution in [0.2, 0.25) is 0 Å². The number of carbonyl (C=O) groups is 1. The Kier molecular flexibility index (Phi) is 7.35. The van der Waals surface area contributed by atoms with Crippen LogP contribution in [0, 0.1) is 0 Å². The molecule has 10 heteroatoms. The SMILES string of the molecule is COc1cc(OC)c([C@H](CC(=O)CS(=O)(=O)c2ccccc2)C(F)(F)F)c(OC)c1. The van der Waals surface area contributed by atoms with Gasteiger partial charge >= 0.3 is 6.18 Å².